The summed E-state index contributed by atoms with van der Waals surface area (Å²) in [5.74, 6) is -2.14. The van der Waals surface area contributed by atoms with E-state index in [4.69, 9.17) is 9.57 Å². The Morgan fingerprint density at radius 1 is 0.811 bits per heavy atom. The van der Waals surface area contributed by atoms with Crippen LogP contribution in [0.3, 0.4) is 0 Å². The number of non-ortho nitro benzene ring substituents is 1. The van der Waals surface area contributed by atoms with Crippen molar-refractivity contribution in [1.29, 1.82) is 0 Å². The van der Waals surface area contributed by atoms with E-state index in [2.05, 4.69) is 0 Å². The maximum absolute atomic E-state index is 14.2. The third kappa shape index (κ3) is 3.61. The summed E-state index contributed by atoms with van der Waals surface area (Å²) in [4.78, 5) is 33.2. The Labute approximate surface area is 213 Å². The number of hydroxylamine groups is 1. The number of carbonyl (C=O) groups is 1. The Hall–Kier alpha value is -4.69. The zero-order chi connectivity index (χ0) is 25.6. The van der Waals surface area contributed by atoms with E-state index >= 15 is 0 Å². The molecular weight excluding hydrogens is 470 g/mol. The zero-order valence-corrected chi connectivity index (χ0v) is 19.9. The highest BCUT2D eigenvalue weighted by molar-refractivity contribution is 6.02. The number of nitrogens with zero attached hydrogens (tertiary/aromatic N) is 3. The van der Waals surface area contributed by atoms with Gasteiger partial charge in [-0.05, 0) is 35.4 Å². The maximum atomic E-state index is 14.2. The lowest BCUT2D eigenvalue weighted by atomic mass is 9.80. The Balaban J connectivity index is 1.59. The first kappa shape index (κ1) is 22.8. The molecule has 0 saturated carbocycles. The molecule has 1 saturated heterocycles. The number of carbonyl (C=O) groups excluding carboxylic acids is 1. The molecule has 8 heteroatoms. The smallest absolute Gasteiger partial charge is 0.322 e. The van der Waals surface area contributed by atoms with Crippen LogP contribution in [0, 0.1) is 10.1 Å². The van der Waals surface area contributed by atoms with Gasteiger partial charge in [-0.1, -0.05) is 72.8 Å². The molecule has 6 rings (SSSR count). The van der Waals surface area contributed by atoms with E-state index in [1.165, 1.54) is 12.1 Å². The molecule has 1 spiro atoms. The van der Waals surface area contributed by atoms with Crippen molar-refractivity contribution in [2.45, 2.75) is 17.7 Å². The normalized spacial score (nSPS) is 22.6. The van der Waals surface area contributed by atoms with Crippen LogP contribution in [0.2, 0.25) is 0 Å². The molecule has 4 aromatic rings. The van der Waals surface area contributed by atoms with Crippen LogP contribution in [0.25, 0.3) is 0 Å². The molecule has 0 unspecified atom stereocenters. The number of nitro groups is 1. The molecule has 184 valence electrons. The van der Waals surface area contributed by atoms with Crippen molar-refractivity contribution in [3.05, 3.63) is 130 Å². The Bertz CT molecular complexity index is 1460. The predicted molar refractivity (Wildman–Crippen MR) is 138 cm³/mol. The molecule has 37 heavy (non-hydrogen) atoms. The SMILES string of the molecule is CN1C(=O)[C@@]2(Oc3ccccc31)ON(c1ccccc1)[C@H](c1ccc([N+](=O)[O-])cc1)[C@@H]2c1ccccc1. The van der Waals surface area contributed by atoms with Gasteiger partial charge >= 0.3 is 11.7 Å². The van der Waals surface area contributed by atoms with Gasteiger partial charge in [-0.25, -0.2) is 9.90 Å². The van der Waals surface area contributed by atoms with Crippen LogP contribution in [0.5, 0.6) is 5.75 Å². The number of benzene rings is 4. The maximum Gasteiger partial charge on any atom is 0.322 e. The van der Waals surface area contributed by atoms with Gasteiger partial charge < -0.3 is 9.64 Å². The Morgan fingerprint density at radius 2 is 1.43 bits per heavy atom. The van der Waals surface area contributed by atoms with E-state index < -0.39 is 22.7 Å². The second kappa shape index (κ2) is 8.76. The zero-order valence-electron chi connectivity index (χ0n) is 19.9. The van der Waals surface area contributed by atoms with Crippen molar-refractivity contribution in [3.63, 3.8) is 0 Å². The fraction of sp³-hybridized carbons (Fsp3) is 0.138. The molecule has 4 aromatic carbocycles. The van der Waals surface area contributed by atoms with Gasteiger partial charge in [0.2, 0.25) is 0 Å². The standard InChI is InChI=1S/C29H23N3O5/c1-30-24-14-8-9-15-25(24)36-29(28(30)33)26(20-10-4-2-5-11-20)27(21-16-18-23(19-17-21)32(34)35)31(37-29)22-12-6-3-7-13-22/h2-19,26-27H,1H3/t26-,27+,29-/m0/s1. The predicted octanol–water partition coefficient (Wildman–Crippen LogP) is 5.62. The highest BCUT2D eigenvalue weighted by atomic mass is 16.8. The second-order valence-electron chi connectivity index (χ2n) is 9.04. The van der Waals surface area contributed by atoms with Crippen molar-refractivity contribution in [2.24, 2.45) is 0 Å². The molecule has 8 nitrogen and oxygen atoms in total. The average Bonchev–Trinajstić information content (AvgIpc) is 3.28. The van der Waals surface area contributed by atoms with Gasteiger partial charge in [0.05, 0.1) is 28.3 Å². The van der Waals surface area contributed by atoms with Crippen molar-refractivity contribution >= 4 is 23.0 Å². The number of nitro benzene ring substituents is 1. The summed E-state index contributed by atoms with van der Waals surface area (Å²) in [7, 11) is 1.71. The van der Waals surface area contributed by atoms with Crippen molar-refractivity contribution in [2.75, 3.05) is 17.0 Å². The number of hydrogen-bond acceptors (Lipinski definition) is 6. The number of fused-ring (bicyclic) bond motifs is 1. The molecule has 2 aliphatic rings. The topological polar surface area (TPSA) is 85.2 Å². The first-order valence-electron chi connectivity index (χ1n) is 11.9. The lowest BCUT2D eigenvalue weighted by molar-refractivity contribution is -0.384. The molecule has 2 aliphatic heterocycles. The molecule has 0 aliphatic carbocycles. The third-order valence-electron chi connectivity index (χ3n) is 6.92. The largest absolute Gasteiger partial charge is 0.449 e. The van der Waals surface area contributed by atoms with Gasteiger partial charge in [0, 0.05) is 19.2 Å². The number of ether oxygens (including phenoxy) is 1. The minimum atomic E-state index is -1.72. The molecule has 2 heterocycles. The highest BCUT2D eigenvalue weighted by Crippen LogP contribution is 2.56. The van der Waals surface area contributed by atoms with Gasteiger partial charge in [0.15, 0.2) is 0 Å². The van der Waals surface area contributed by atoms with Crippen LogP contribution < -0.4 is 14.7 Å². The van der Waals surface area contributed by atoms with Crippen LogP contribution in [-0.4, -0.2) is 23.7 Å². The minimum Gasteiger partial charge on any atom is -0.449 e. The summed E-state index contributed by atoms with van der Waals surface area (Å²) in [5, 5.41) is 13.0. The lowest BCUT2D eigenvalue weighted by Crippen LogP contribution is -2.58. The first-order chi connectivity index (χ1) is 18.0. The van der Waals surface area contributed by atoms with Gasteiger partial charge in [-0.3, -0.25) is 14.9 Å². The van der Waals surface area contributed by atoms with Crippen LogP contribution in [-0.2, 0) is 9.63 Å². The highest BCUT2D eigenvalue weighted by Gasteiger charge is 2.65. The van der Waals surface area contributed by atoms with Crippen molar-refractivity contribution < 1.29 is 19.3 Å². The summed E-state index contributed by atoms with van der Waals surface area (Å²) in [6, 6.07) is 32.3. The quantitative estimate of drug-likeness (QED) is 0.271. The van der Waals surface area contributed by atoms with Gasteiger partial charge in [0.25, 0.3) is 5.69 Å². The molecule has 1 fully saturated rings. The fourth-order valence-corrected chi connectivity index (χ4v) is 5.20. The summed E-state index contributed by atoms with van der Waals surface area (Å²) in [6.45, 7) is 0. The Morgan fingerprint density at radius 3 is 2.11 bits per heavy atom. The molecule has 0 radical (unpaired) electrons. The van der Waals surface area contributed by atoms with Crippen LogP contribution in [0.15, 0.2) is 109 Å². The molecule has 1 amide bonds. The van der Waals surface area contributed by atoms with E-state index in [1.807, 2.05) is 84.9 Å². The van der Waals surface area contributed by atoms with Crippen molar-refractivity contribution in [1.82, 2.24) is 0 Å². The summed E-state index contributed by atoms with van der Waals surface area (Å²) in [6.07, 6.45) is 0. The molecule has 0 bridgehead atoms. The van der Waals surface area contributed by atoms with Crippen LogP contribution in [0.4, 0.5) is 17.1 Å². The molecular formula is C29H23N3O5. The lowest BCUT2D eigenvalue weighted by Gasteiger charge is -2.40. The van der Waals surface area contributed by atoms with Crippen LogP contribution >= 0.6 is 0 Å². The number of likely N-dealkylation sites (N-methyl/N-ethyl adjacent to an activating group) is 1. The van der Waals surface area contributed by atoms with E-state index in [9.17, 15) is 14.9 Å². The van der Waals surface area contributed by atoms with Gasteiger partial charge in [-0.2, -0.15) is 0 Å². The number of anilines is 2. The number of rotatable bonds is 4. The van der Waals surface area contributed by atoms with E-state index in [-0.39, 0.29) is 11.6 Å². The summed E-state index contributed by atoms with van der Waals surface area (Å²) >= 11 is 0. The minimum absolute atomic E-state index is 0.0152. The van der Waals surface area contributed by atoms with E-state index in [0.717, 1.165) is 16.8 Å². The summed E-state index contributed by atoms with van der Waals surface area (Å²) < 4.78 is 6.53. The second-order valence-corrected chi connectivity index (χ2v) is 9.04. The fourth-order valence-electron chi connectivity index (χ4n) is 5.20. The molecule has 3 atom stereocenters. The average molecular weight is 494 g/mol. The van der Waals surface area contributed by atoms with Gasteiger partial charge in [-0.15, -0.1) is 0 Å². The molecule has 0 N–H and O–H groups in total. The Kier molecular flexibility index (Phi) is 5.39. The van der Waals surface area contributed by atoms with Crippen molar-refractivity contribution in [3.8, 4) is 5.75 Å². The van der Waals surface area contributed by atoms with E-state index in [0.29, 0.717) is 11.4 Å². The van der Waals surface area contributed by atoms with E-state index in [1.54, 1.807) is 29.1 Å². The van der Waals surface area contributed by atoms with Crippen LogP contribution in [0.1, 0.15) is 23.1 Å². The first-order valence-corrected chi connectivity index (χ1v) is 11.9. The van der Waals surface area contributed by atoms with Gasteiger partial charge in [0.1, 0.15) is 5.75 Å². The number of amides is 1. The molecule has 0 aromatic heterocycles. The number of para-hydroxylation sites is 3. The third-order valence-corrected chi connectivity index (χ3v) is 6.92. The monoisotopic (exact) mass is 493 g/mol. The summed E-state index contributed by atoms with van der Waals surface area (Å²) in [5.41, 5.74) is 2.95. The number of hydrogen-bond donors (Lipinski definition) is 0.